The van der Waals surface area contributed by atoms with Crippen molar-refractivity contribution in [1.82, 2.24) is 5.32 Å². The van der Waals surface area contributed by atoms with Crippen LogP contribution in [0.2, 0.25) is 0 Å². The summed E-state index contributed by atoms with van der Waals surface area (Å²) in [6.45, 7) is 8.56. The molecule has 184 valence electrons. The summed E-state index contributed by atoms with van der Waals surface area (Å²) in [4.78, 5) is 39.2. The molecule has 0 bridgehead atoms. The molecule has 0 aromatic heterocycles. The Bertz CT molecular complexity index is 1380. The molecule has 36 heavy (non-hydrogen) atoms. The molecule has 1 saturated heterocycles. The number of urea groups is 1. The number of hydrogen-bond donors (Lipinski definition) is 1. The van der Waals surface area contributed by atoms with Gasteiger partial charge in [-0.3, -0.25) is 14.9 Å². The number of anilines is 1. The highest BCUT2D eigenvalue weighted by atomic mass is 16.5. The van der Waals surface area contributed by atoms with Gasteiger partial charge in [0.2, 0.25) is 0 Å². The van der Waals surface area contributed by atoms with Crippen LogP contribution >= 0.6 is 0 Å². The van der Waals surface area contributed by atoms with Crippen molar-refractivity contribution in [2.45, 2.75) is 34.3 Å². The van der Waals surface area contributed by atoms with Crippen LogP contribution < -0.4 is 19.7 Å². The number of hydrogen-bond acceptors (Lipinski definition) is 5. The van der Waals surface area contributed by atoms with Gasteiger partial charge in [-0.1, -0.05) is 42.5 Å². The fourth-order valence-corrected chi connectivity index (χ4v) is 3.91. The number of carbonyl (C=O) groups excluding carboxylic acids is 3. The predicted octanol–water partition coefficient (Wildman–Crippen LogP) is 5.26. The fraction of sp³-hybridized carbons (Fsp3) is 0.207. The molecular weight excluding hydrogens is 456 g/mol. The summed E-state index contributed by atoms with van der Waals surface area (Å²) in [6.07, 6.45) is 1.45. The van der Waals surface area contributed by atoms with E-state index in [1.165, 1.54) is 17.2 Å². The summed E-state index contributed by atoms with van der Waals surface area (Å²) in [5.41, 5.74) is 5.02. The van der Waals surface area contributed by atoms with Gasteiger partial charge in [0.25, 0.3) is 11.8 Å². The van der Waals surface area contributed by atoms with E-state index in [1.807, 2.05) is 19.1 Å². The maximum absolute atomic E-state index is 13.2. The van der Waals surface area contributed by atoms with Crippen molar-refractivity contribution in [3.63, 3.8) is 0 Å². The van der Waals surface area contributed by atoms with Crippen LogP contribution in [0, 0.1) is 20.8 Å². The maximum Gasteiger partial charge on any atom is 0.335 e. The first-order valence-corrected chi connectivity index (χ1v) is 11.7. The molecule has 4 rings (SSSR count). The van der Waals surface area contributed by atoms with Gasteiger partial charge < -0.3 is 9.47 Å². The number of carbonyl (C=O) groups is 3. The van der Waals surface area contributed by atoms with Gasteiger partial charge in [-0.25, -0.2) is 9.69 Å². The third-order valence-electron chi connectivity index (χ3n) is 6.00. The smallest absolute Gasteiger partial charge is 0.335 e. The minimum absolute atomic E-state index is 0.149. The molecule has 4 amide bonds. The summed E-state index contributed by atoms with van der Waals surface area (Å²) < 4.78 is 11.8. The number of ether oxygens (including phenoxy) is 2. The Morgan fingerprint density at radius 1 is 0.833 bits per heavy atom. The highest BCUT2D eigenvalue weighted by Gasteiger charge is 2.37. The Hall–Kier alpha value is -4.39. The molecule has 0 spiro atoms. The van der Waals surface area contributed by atoms with Gasteiger partial charge in [0, 0.05) is 0 Å². The lowest BCUT2D eigenvalue weighted by atomic mass is 10.1. The molecule has 1 heterocycles. The molecule has 0 saturated carbocycles. The molecule has 1 aliphatic heterocycles. The topological polar surface area (TPSA) is 84.9 Å². The lowest BCUT2D eigenvalue weighted by Crippen LogP contribution is -2.54. The highest BCUT2D eigenvalue weighted by molar-refractivity contribution is 6.39. The fourth-order valence-electron chi connectivity index (χ4n) is 3.91. The Labute approximate surface area is 210 Å². The van der Waals surface area contributed by atoms with Gasteiger partial charge >= 0.3 is 6.03 Å². The zero-order chi connectivity index (χ0) is 25.8. The average molecular weight is 485 g/mol. The minimum atomic E-state index is -0.776. The molecular formula is C29H28N2O5. The van der Waals surface area contributed by atoms with Crippen LogP contribution in [0.4, 0.5) is 10.5 Å². The summed E-state index contributed by atoms with van der Waals surface area (Å²) in [5.74, 6) is -0.395. The molecule has 3 aromatic rings. The van der Waals surface area contributed by atoms with Crippen LogP contribution in [-0.2, 0) is 16.2 Å². The third-order valence-corrected chi connectivity index (χ3v) is 6.00. The van der Waals surface area contributed by atoms with Gasteiger partial charge in [-0.15, -0.1) is 0 Å². The zero-order valence-corrected chi connectivity index (χ0v) is 20.8. The monoisotopic (exact) mass is 484 g/mol. The Kier molecular flexibility index (Phi) is 7.20. The lowest BCUT2D eigenvalue weighted by Gasteiger charge is -2.27. The van der Waals surface area contributed by atoms with Crippen LogP contribution in [0.5, 0.6) is 11.5 Å². The van der Waals surface area contributed by atoms with E-state index < -0.39 is 17.8 Å². The summed E-state index contributed by atoms with van der Waals surface area (Å²) >= 11 is 0. The van der Waals surface area contributed by atoms with Crippen molar-refractivity contribution in [3.05, 3.63) is 94.1 Å². The Balaban J connectivity index is 1.61. The standard InChI is InChI=1S/C29H28N2O5/c1-5-35-26-16-21(12-13-25(26)36-17-22-11-10-18(2)20(4)14-22)15-23-27(32)30-29(34)31(28(23)33)24-9-7-6-8-19(24)3/h6-16H,5,17H2,1-4H3,(H,30,32,34)/b23-15+. The van der Waals surface area contributed by atoms with E-state index >= 15 is 0 Å². The molecule has 1 N–H and O–H groups in total. The van der Waals surface area contributed by atoms with Crippen LogP contribution in [0.3, 0.4) is 0 Å². The van der Waals surface area contributed by atoms with Crippen molar-refractivity contribution >= 4 is 29.6 Å². The normalized spacial score (nSPS) is 14.7. The van der Waals surface area contributed by atoms with Crippen LogP contribution in [-0.4, -0.2) is 24.5 Å². The molecule has 3 aromatic carbocycles. The highest BCUT2D eigenvalue weighted by Crippen LogP contribution is 2.31. The largest absolute Gasteiger partial charge is 0.490 e. The van der Waals surface area contributed by atoms with E-state index in [1.54, 1.807) is 43.3 Å². The molecule has 7 nitrogen and oxygen atoms in total. The quantitative estimate of drug-likeness (QED) is 0.365. The van der Waals surface area contributed by atoms with Crippen molar-refractivity contribution in [3.8, 4) is 11.5 Å². The number of amides is 4. The molecule has 7 heteroatoms. The predicted molar refractivity (Wildman–Crippen MR) is 138 cm³/mol. The Morgan fingerprint density at radius 2 is 1.61 bits per heavy atom. The number of nitrogens with zero attached hydrogens (tertiary/aromatic N) is 1. The van der Waals surface area contributed by atoms with Crippen molar-refractivity contribution < 1.29 is 23.9 Å². The number of aryl methyl sites for hydroxylation is 3. The maximum atomic E-state index is 13.2. The molecule has 0 unspecified atom stereocenters. The SMILES string of the molecule is CCOc1cc(/C=C2\C(=O)NC(=O)N(c3ccccc3C)C2=O)ccc1OCc1ccc(C)c(C)c1. The van der Waals surface area contributed by atoms with E-state index in [-0.39, 0.29) is 5.57 Å². The second kappa shape index (κ2) is 10.5. The van der Waals surface area contributed by atoms with E-state index in [0.717, 1.165) is 16.0 Å². The number of benzene rings is 3. The summed E-state index contributed by atoms with van der Waals surface area (Å²) in [7, 11) is 0. The van der Waals surface area contributed by atoms with E-state index in [0.29, 0.717) is 36.0 Å². The van der Waals surface area contributed by atoms with E-state index in [4.69, 9.17) is 9.47 Å². The second-order valence-electron chi connectivity index (χ2n) is 8.59. The average Bonchev–Trinajstić information content (AvgIpc) is 2.84. The number of barbiturate groups is 1. The summed E-state index contributed by atoms with van der Waals surface area (Å²) in [5, 5.41) is 2.26. The molecule has 0 atom stereocenters. The first-order chi connectivity index (χ1) is 17.3. The third kappa shape index (κ3) is 5.15. The molecule has 1 aliphatic rings. The zero-order valence-electron chi connectivity index (χ0n) is 20.8. The van der Waals surface area contributed by atoms with Gasteiger partial charge in [0.15, 0.2) is 11.5 Å². The van der Waals surface area contributed by atoms with Gasteiger partial charge in [0.1, 0.15) is 12.2 Å². The van der Waals surface area contributed by atoms with Gasteiger partial charge in [-0.2, -0.15) is 0 Å². The number of para-hydroxylation sites is 1. The van der Waals surface area contributed by atoms with Crippen molar-refractivity contribution in [2.75, 3.05) is 11.5 Å². The van der Waals surface area contributed by atoms with Crippen LogP contribution in [0.25, 0.3) is 6.08 Å². The lowest BCUT2D eigenvalue weighted by molar-refractivity contribution is -0.122. The first kappa shape index (κ1) is 24.7. The Morgan fingerprint density at radius 3 is 2.33 bits per heavy atom. The molecule has 0 aliphatic carbocycles. The number of rotatable bonds is 7. The number of nitrogens with one attached hydrogen (secondary N) is 1. The van der Waals surface area contributed by atoms with Crippen LogP contribution in [0.15, 0.2) is 66.2 Å². The van der Waals surface area contributed by atoms with E-state index in [9.17, 15) is 14.4 Å². The van der Waals surface area contributed by atoms with Crippen LogP contribution in [0.1, 0.15) is 34.7 Å². The van der Waals surface area contributed by atoms with Crippen molar-refractivity contribution in [2.24, 2.45) is 0 Å². The summed E-state index contributed by atoms with van der Waals surface area (Å²) in [6, 6.07) is 17.6. The second-order valence-corrected chi connectivity index (χ2v) is 8.59. The van der Waals surface area contributed by atoms with Crippen molar-refractivity contribution in [1.29, 1.82) is 0 Å². The molecule has 0 radical (unpaired) electrons. The minimum Gasteiger partial charge on any atom is -0.490 e. The van der Waals surface area contributed by atoms with E-state index in [2.05, 4.69) is 31.3 Å². The van der Waals surface area contributed by atoms with Gasteiger partial charge in [0.05, 0.1) is 12.3 Å². The number of imide groups is 2. The first-order valence-electron chi connectivity index (χ1n) is 11.7. The molecule has 1 fully saturated rings. The van der Waals surface area contributed by atoms with Gasteiger partial charge in [-0.05, 0) is 79.8 Å².